The first-order valence-corrected chi connectivity index (χ1v) is 7.79. The molecule has 1 rings (SSSR count). The molecule has 6 heteroatoms. The summed E-state index contributed by atoms with van der Waals surface area (Å²) in [5.74, 6) is -0.790. The first kappa shape index (κ1) is 17.8. The van der Waals surface area contributed by atoms with Gasteiger partial charge in [0.05, 0.1) is 12.0 Å². The average molecular weight is 300 g/mol. The van der Waals surface area contributed by atoms with Gasteiger partial charge in [-0.05, 0) is 32.6 Å². The lowest BCUT2D eigenvalue weighted by Gasteiger charge is -2.40. The van der Waals surface area contributed by atoms with Gasteiger partial charge >= 0.3 is 12.0 Å². The van der Waals surface area contributed by atoms with E-state index in [0.29, 0.717) is 32.5 Å². The molecule has 0 aliphatic carbocycles. The van der Waals surface area contributed by atoms with Gasteiger partial charge in [-0.2, -0.15) is 0 Å². The highest BCUT2D eigenvalue weighted by atomic mass is 16.4. The molecule has 122 valence electrons. The Bertz CT molecular complexity index is 361. The van der Waals surface area contributed by atoms with Gasteiger partial charge in [-0.15, -0.1) is 0 Å². The van der Waals surface area contributed by atoms with Crippen molar-refractivity contribution >= 4 is 12.0 Å². The second kappa shape index (κ2) is 7.64. The van der Waals surface area contributed by atoms with E-state index in [1.807, 2.05) is 13.8 Å². The number of rotatable bonds is 6. The van der Waals surface area contributed by atoms with Gasteiger partial charge in [0.2, 0.25) is 0 Å². The van der Waals surface area contributed by atoms with Crippen LogP contribution in [-0.2, 0) is 4.79 Å². The molecule has 0 radical (unpaired) electrons. The lowest BCUT2D eigenvalue weighted by molar-refractivity contribution is -0.150. The molecule has 0 saturated carbocycles. The molecule has 1 fully saturated rings. The van der Waals surface area contributed by atoms with Crippen molar-refractivity contribution in [2.24, 2.45) is 5.41 Å². The molecule has 1 aliphatic heterocycles. The lowest BCUT2D eigenvalue weighted by Crippen LogP contribution is -2.53. The number of carbonyl (C=O) groups excluding carboxylic acids is 1. The van der Waals surface area contributed by atoms with Crippen LogP contribution in [0.3, 0.4) is 0 Å². The largest absolute Gasteiger partial charge is 0.481 e. The van der Waals surface area contributed by atoms with Gasteiger partial charge < -0.3 is 20.0 Å². The Balaban J connectivity index is 2.71. The number of carboxylic acid groups (broad SMARTS) is 1. The zero-order chi connectivity index (χ0) is 16.0. The molecule has 0 atom stereocenters. The van der Waals surface area contributed by atoms with E-state index in [1.165, 1.54) is 0 Å². The number of carbonyl (C=O) groups is 2. The minimum absolute atomic E-state index is 0.0527. The van der Waals surface area contributed by atoms with Gasteiger partial charge in [0.15, 0.2) is 0 Å². The van der Waals surface area contributed by atoms with Crippen LogP contribution >= 0.6 is 0 Å². The molecule has 2 amide bonds. The zero-order valence-electron chi connectivity index (χ0n) is 13.3. The summed E-state index contributed by atoms with van der Waals surface area (Å²) in [4.78, 5) is 27.3. The molecule has 0 unspecified atom stereocenters. The molecule has 0 spiro atoms. The molecular formula is C15H28N2O4. The molecule has 0 aromatic rings. The van der Waals surface area contributed by atoms with Gasteiger partial charge in [-0.25, -0.2) is 4.79 Å². The van der Waals surface area contributed by atoms with Crippen molar-refractivity contribution in [1.82, 2.24) is 9.80 Å². The summed E-state index contributed by atoms with van der Waals surface area (Å²) >= 11 is 0. The van der Waals surface area contributed by atoms with Gasteiger partial charge in [-0.1, -0.05) is 13.8 Å². The third kappa shape index (κ3) is 4.09. The Kier molecular flexibility index (Phi) is 6.45. The SMILES string of the molecule is CCC(CC)N(CCO)C(=O)N1CCC(C)(C(=O)O)CC1. The number of likely N-dealkylation sites (tertiary alicyclic amines) is 1. The number of urea groups is 1. The van der Waals surface area contributed by atoms with Crippen molar-refractivity contribution in [1.29, 1.82) is 0 Å². The molecule has 0 aromatic carbocycles. The van der Waals surface area contributed by atoms with E-state index in [9.17, 15) is 19.8 Å². The van der Waals surface area contributed by atoms with E-state index >= 15 is 0 Å². The van der Waals surface area contributed by atoms with Gasteiger partial charge in [0.25, 0.3) is 0 Å². The highest BCUT2D eigenvalue weighted by Crippen LogP contribution is 2.31. The fraction of sp³-hybridized carbons (Fsp3) is 0.867. The van der Waals surface area contributed by atoms with Crippen LogP contribution in [-0.4, -0.2) is 64.3 Å². The smallest absolute Gasteiger partial charge is 0.320 e. The third-order valence-corrected chi connectivity index (χ3v) is 4.62. The molecule has 2 N–H and O–H groups in total. The summed E-state index contributed by atoms with van der Waals surface area (Å²) in [6.07, 6.45) is 2.65. The Labute approximate surface area is 126 Å². The number of hydrogen-bond donors (Lipinski definition) is 2. The molecule has 1 heterocycles. The number of carboxylic acids is 1. The standard InChI is InChI=1S/C15H28N2O4/c1-4-12(5-2)17(10-11-18)14(21)16-8-6-15(3,7-9-16)13(19)20/h12,18H,4-11H2,1-3H3,(H,19,20). The van der Waals surface area contributed by atoms with E-state index in [-0.39, 0.29) is 18.7 Å². The van der Waals surface area contributed by atoms with Crippen LogP contribution in [0.15, 0.2) is 0 Å². The van der Waals surface area contributed by atoms with Crippen molar-refractivity contribution in [3.05, 3.63) is 0 Å². The summed E-state index contributed by atoms with van der Waals surface area (Å²) in [7, 11) is 0. The minimum atomic E-state index is -0.790. The summed E-state index contributed by atoms with van der Waals surface area (Å²) in [5.41, 5.74) is -0.729. The molecule has 1 aliphatic rings. The van der Waals surface area contributed by atoms with Gasteiger partial charge in [0, 0.05) is 25.7 Å². The van der Waals surface area contributed by atoms with Crippen LogP contribution in [0, 0.1) is 5.41 Å². The van der Waals surface area contributed by atoms with E-state index in [1.54, 1.807) is 16.7 Å². The van der Waals surface area contributed by atoms with Crippen molar-refractivity contribution in [3.8, 4) is 0 Å². The fourth-order valence-electron chi connectivity index (χ4n) is 2.86. The molecule has 0 bridgehead atoms. The number of nitrogens with zero attached hydrogens (tertiary/aromatic N) is 2. The van der Waals surface area contributed by atoms with Crippen molar-refractivity contribution in [2.45, 2.75) is 52.5 Å². The number of aliphatic hydroxyl groups is 1. The summed E-state index contributed by atoms with van der Waals surface area (Å²) in [5, 5.41) is 18.4. The van der Waals surface area contributed by atoms with Gasteiger partial charge in [0.1, 0.15) is 0 Å². The van der Waals surface area contributed by atoms with E-state index in [0.717, 1.165) is 12.8 Å². The van der Waals surface area contributed by atoms with Crippen LogP contribution < -0.4 is 0 Å². The first-order valence-electron chi connectivity index (χ1n) is 7.79. The second-order valence-electron chi connectivity index (χ2n) is 6.02. The van der Waals surface area contributed by atoms with E-state index in [4.69, 9.17) is 0 Å². The number of aliphatic hydroxyl groups excluding tert-OH is 1. The normalized spacial score (nSPS) is 17.9. The number of aliphatic carboxylic acids is 1. The summed E-state index contributed by atoms with van der Waals surface area (Å²) in [6.45, 7) is 7.00. The quantitative estimate of drug-likeness (QED) is 0.783. The Morgan fingerprint density at radius 2 is 1.76 bits per heavy atom. The highest BCUT2D eigenvalue weighted by Gasteiger charge is 2.39. The predicted octanol–water partition coefficient (Wildman–Crippen LogP) is 1.78. The Morgan fingerprint density at radius 3 is 2.14 bits per heavy atom. The lowest BCUT2D eigenvalue weighted by atomic mass is 9.80. The minimum Gasteiger partial charge on any atom is -0.481 e. The highest BCUT2D eigenvalue weighted by molar-refractivity contribution is 5.77. The maximum atomic E-state index is 12.6. The van der Waals surface area contributed by atoms with Crippen LogP contribution in [0.5, 0.6) is 0 Å². The van der Waals surface area contributed by atoms with Crippen LogP contribution in [0.2, 0.25) is 0 Å². The first-order chi connectivity index (χ1) is 9.89. The summed E-state index contributed by atoms with van der Waals surface area (Å²) in [6, 6.07) is 0.0441. The fourth-order valence-corrected chi connectivity index (χ4v) is 2.86. The molecule has 0 aromatic heterocycles. The van der Waals surface area contributed by atoms with Crippen molar-refractivity contribution in [2.75, 3.05) is 26.2 Å². The number of piperidine rings is 1. The molecular weight excluding hydrogens is 272 g/mol. The zero-order valence-corrected chi connectivity index (χ0v) is 13.3. The molecule has 1 saturated heterocycles. The van der Waals surface area contributed by atoms with Gasteiger partial charge in [-0.3, -0.25) is 4.79 Å². The third-order valence-electron chi connectivity index (χ3n) is 4.62. The molecule has 21 heavy (non-hydrogen) atoms. The van der Waals surface area contributed by atoms with E-state index < -0.39 is 11.4 Å². The maximum Gasteiger partial charge on any atom is 0.320 e. The van der Waals surface area contributed by atoms with Crippen molar-refractivity contribution < 1.29 is 19.8 Å². The predicted molar refractivity (Wildman–Crippen MR) is 80.1 cm³/mol. The average Bonchev–Trinajstić information content (AvgIpc) is 2.47. The van der Waals surface area contributed by atoms with Crippen LogP contribution in [0.4, 0.5) is 4.79 Å². The second-order valence-corrected chi connectivity index (χ2v) is 6.02. The summed E-state index contributed by atoms with van der Waals surface area (Å²) < 4.78 is 0. The van der Waals surface area contributed by atoms with Crippen LogP contribution in [0.25, 0.3) is 0 Å². The number of hydrogen-bond acceptors (Lipinski definition) is 3. The van der Waals surface area contributed by atoms with Crippen LogP contribution in [0.1, 0.15) is 46.5 Å². The number of amides is 2. The van der Waals surface area contributed by atoms with Crippen molar-refractivity contribution in [3.63, 3.8) is 0 Å². The molecule has 6 nitrogen and oxygen atoms in total. The van der Waals surface area contributed by atoms with E-state index in [2.05, 4.69) is 0 Å². The monoisotopic (exact) mass is 300 g/mol. The Hall–Kier alpha value is -1.30. The maximum absolute atomic E-state index is 12.6. The topological polar surface area (TPSA) is 81.1 Å². The Morgan fingerprint density at radius 1 is 1.24 bits per heavy atom.